The molecule has 1 aliphatic heterocycles. The third kappa shape index (κ3) is 5.64. The van der Waals surface area contributed by atoms with Crippen LogP contribution in [0.2, 0.25) is 0 Å². The van der Waals surface area contributed by atoms with E-state index in [2.05, 4.69) is 62.7 Å². The molecule has 1 saturated heterocycles. The van der Waals surface area contributed by atoms with Gasteiger partial charge in [0.15, 0.2) is 0 Å². The molecule has 168 valence electrons. The fourth-order valence-electron chi connectivity index (χ4n) is 4.36. The van der Waals surface area contributed by atoms with Crippen molar-refractivity contribution in [2.75, 3.05) is 39.3 Å². The molecule has 2 aromatic carbocycles. The van der Waals surface area contributed by atoms with Crippen molar-refractivity contribution in [3.05, 3.63) is 88.7 Å². The van der Waals surface area contributed by atoms with E-state index in [0.29, 0.717) is 18.7 Å². The van der Waals surface area contributed by atoms with Crippen LogP contribution in [0.4, 0.5) is 0 Å². The highest BCUT2D eigenvalue weighted by Gasteiger charge is 2.20. The highest BCUT2D eigenvalue weighted by Crippen LogP contribution is 2.15. The van der Waals surface area contributed by atoms with Crippen molar-refractivity contribution in [3.8, 4) is 0 Å². The molecule has 0 atom stereocenters. The topological polar surface area (TPSA) is 53.4 Å². The fourth-order valence-corrected chi connectivity index (χ4v) is 4.36. The van der Waals surface area contributed by atoms with Gasteiger partial charge in [0.1, 0.15) is 0 Å². The number of nitrogens with one attached hydrogen (secondary N) is 1. The van der Waals surface area contributed by atoms with Crippen LogP contribution in [0.5, 0.6) is 0 Å². The molecular weight excluding hydrogens is 398 g/mol. The minimum Gasteiger partial charge on any atom is -0.351 e. The summed E-state index contributed by atoms with van der Waals surface area (Å²) in [7, 11) is 0. The summed E-state index contributed by atoms with van der Waals surface area (Å²) in [5, 5.41) is 7.72. The molecule has 6 nitrogen and oxygen atoms in total. The Kier molecular flexibility index (Phi) is 7.35. The molecule has 2 heterocycles. The number of rotatable bonds is 8. The van der Waals surface area contributed by atoms with Gasteiger partial charge < -0.3 is 5.32 Å². The number of aryl methyl sites for hydroxylation is 1. The Balaban J connectivity index is 1.23. The molecule has 6 heteroatoms. The van der Waals surface area contributed by atoms with Gasteiger partial charge in [0, 0.05) is 51.5 Å². The van der Waals surface area contributed by atoms with Gasteiger partial charge in [0.25, 0.3) is 5.91 Å². The average Bonchev–Trinajstić information content (AvgIpc) is 3.09. The van der Waals surface area contributed by atoms with Crippen LogP contribution in [-0.4, -0.2) is 64.8 Å². The predicted octanol–water partition coefficient (Wildman–Crippen LogP) is 3.10. The Hall–Kier alpha value is -2.96. The summed E-state index contributed by atoms with van der Waals surface area (Å²) >= 11 is 0. The molecule has 0 saturated carbocycles. The predicted molar refractivity (Wildman–Crippen MR) is 128 cm³/mol. The van der Waals surface area contributed by atoms with Crippen molar-refractivity contribution in [3.63, 3.8) is 0 Å². The maximum absolute atomic E-state index is 12.9. The molecule has 0 aliphatic carbocycles. The lowest BCUT2D eigenvalue weighted by Gasteiger charge is -2.34. The highest BCUT2D eigenvalue weighted by atomic mass is 16.1. The SMILES string of the molecule is Cc1nn(Cc2ccccc2)c(C)c1C(=O)NCCN1CCN(Cc2ccccc2)CC1. The molecule has 4 rings (SSSR count). The average molecular weight is 432 g/mol. The number of carbonyl (C=O) groups excluding carboxylic acids is 1. The summed E-state index contributed by atoms with van der Waals surface area (Å²) in [4.78, 5) is 17.8. The maximum atomic E-state index is 12.9. The molecule has 32 heavy (non-hydrogen) atoms. The Morgan fingerprint density at radius 2 is 1.41 bits per heavy atom. The molecule has 1 N–H and O–H groups in total. The van der Waals surface area contributed by atoms with Gasteiger partial charge >= 0.3 is 0 Å². The number of amides is 1. The zero-order chi connectivity index (χ0) is 22.3. The van der Waals surface area contributed by atoms with Gasteiger partial charge in [-0.05, 0) is 25.0 Å². The highest BCUT2D eigenvalue weighted by molar-refractivity contribution is 5.96. The van der Waals surface area contributed by atoms with Crippen LogP contribution >= 0.6 is 0 Å². The van der Waals surface area contributed by atoms with Crippen molar-refractivity contribution < 1.29 is 4.79 Å². The summed E-state index contributed by atoms with van der Waals surface area (Å²) in [5.41, 5.74) is 4.95. The summed E-state index contributed by atoms with van der Waals surface area (Å²) in [5.74, 6) is -0.0259. The van der Waals surface area contributed by atoms with Crippen LogP contribution in [0.3, 0.4) is 0 Å². The van der Waals surface area contributed by atoms with Crippen LogP contribution in [0.25, 0.3) is 0 Å². The Morgan fingerprint density at radius 1 is 0.844 bits per heavy atom. The minimum absolute atomic E-state index is 0.0259. The molecule has 1 fully saturated rings. The van der Waals surface area contributed by atoms with Crippen molar-refractivity contribution in [2.45, 2.75) is 26.9 Å². The third-order valence-corrected chi connectivity index (χ3v) is 6.21. The van der Waals surface area contributed by atoms with Gasteiger partial charge in [0.2, 0.25) is 0 Å². The number of carbonyl (C=O) groups is 1. The van der Waals surface area contributed by atoms with Crippen molar-refractivity contribution >= 4 is 5.91 Å². The second kappa shape index (κ2) is 10.6. The number of benzene rings is 2. The second-order valence-electron chi connectivity index (χ2n) is 8.55. The van der Waals surface area contributed by atoms with Crippen LogP contribution < -0.4 is 5.32 Å². The van der Waals surface area contributed by atoms with Gasteiger partial charge in [0.05, 0.1) is 17.8 Å². The van der Waals surface area contributed by atoms with E-state index in [-0.39, 0.29) is 5.91 Å². The summed E-state index contributed by atoms with van der Waals surface area (Å²) in [6.07, 6.45) is 0. The largest absolute Gasteiger partial charge is 0.351 e. The van der Waals surface area contributed by atoms with Crippen LogP contribution in [0.15, 0.2) is 60.7 Å². The standard InChI is InChI=1S/C26H33N5O/c1-21-25(22(2)31(28-21)20-24-11-7-4-8-12-24)26(32)27-13-14-29-15-17-30(18-16-29)19-23-9-5-3-6-10-23/h3-12H,13-20H2,1-2H3,(H,27,32). The second-order valence-corrected chi connectivity index (χ2v) is 8.55. The van der Waals surface area contributed by atoms with E-state index in [4.69, 9.17) is 0 Å². The lowest BCUT2D eigenvalue weighted by atomic mass is 10.1. The minimum atomic E-state index is -0.0259. The molecular formula is C26H33N5O. The van der Waals surface area contributed by atoms with E-state index in [0.717, 1.165) is 50.7 Å². The third-order valence-electron chi connectivity index (χ3n) is 6.21. The normalized spacial score (nSPS) is 15.1. The smallest absolute Gasteiger partial charge is 0.255 e. The van der Waals surface area contributed by atoms with E-state index in [1.54, 1.807) is 0 Å². The molecule has 0 bridgehead atoms. The van der Waals surface area contributed by atoms with Gasteiger partial charge in [-0.15, -0.1) is 0 Å². The van der Waals surface area contributed by atoms with Gasteiger partial charge in [-0.25, -0.2) is 0 Å². The van der Waals surface area contributed by atoms with Gasteiger partial charge in [-0.1, -0.05) is 60.7 Å². The number of piperazine rings is 1. The lowest BCUT2D eigenvalue weighted by Crippen LogP contribution is -2.48. The maximum Gasteiger partial charge on any atom is 0.255 e. The molecule has 0 spiro atoms. The molecule has 1 aromatic heterocycles. The first kappa shape index (κ1) is 22.2. The zero-order valence-electron chi connectivity index (χ0n) is 19.1. The monoisotopic (exact) mass is 431 g/mol. The van der Waals surface area contributed by atoms with Crippen molar-refractivity contribution in [2.24, 2.45) is 0 Å². The van der Waals surface area contributed by atoms with Gasteiger partial charge in [-0.2, -0.15) is 5.10 Å². The van der Waals surface area contributed by atoms with Gasteiger partial charge in [-0.3, -0.25) is 19.3 Å². The molecule has 3 aromatic rings. The van der Waals surface area contributed by atoms with Crippen LogP contribution in [0.1, 0.15) is 32.9 Å². The molecule has 1 aliphatic rings. The first-order chi connectivity index (χ1) is 15.6. The Morgan fingerprint density at radius 3 is 2.03 bits per heavy atom. The molecule has 0 radical (unpaired) electrons. The first-order valence-electron chi connectivity index (χ1n) is 11.4. The number of hydrogen-bond acceptors (Lipinski definition) is 4. The lowest BCUT2D eigenvalue weighted by molar-refractivity contribution is 0.0933. The van der Waals surface area contributed by atoms with Crippen molar-refractivity contribution in [1.29, 1.82) is 0 Å². The molecule has 1 amide bonds. The Bertz CT molecular complexity index is 1010. The summed E-state index contributed by atoms with van der Waals surface area (Å²) in [6.45, 7) is 11.3. The molecule has 0 unspecified atom stereocenters. The first-order valence-corrected chi connectivity index (χ1v) is 11.4. The van der Waals surface area contributed by atoms with Crippen LogP contribution in [-0.2, 0) is 13.1 Å². The van der Waals surface area contributed by atoms with Crippen LogP contribution in [0, 0.1) is 13.8 Å². The summed E-state index contributed by atoms with van der Waals surface area (Å²) < 4.78 is 1.92. The van der Waals surface area contributed by atoms with E-state index in [1.165, 1.54) is 11.1 Å². The number of aromatic nitrogens is 2. The number of nitrogens with zero attached hydrogens (tertiary/aromatic N) is 4. The van der Waals surface area contributed by atoms with E-state index < -0.39 is 0 Å². The van der Waals surface area contributed by atoms with Crippen molar-refractivity contribution in [1.82, 2.24) is 24.9 Å². The van der Waals surface area contributed by atoms with E-state index in [1.807, 2.05) is 36.7 Å². The number of hydrogen-bond donors (Lipinski definition) is 1. The fraction of sp³-hybridized carbons (Fsp3) is 0.385. The van der Waals surface area contributed by atoms with E-state index in [9.17, 15) is 4.79 Å². The zero-order valence-corrected chi connectivity index (χ0v) is 19.1. The van der Waals surface area contributed by atoms with E-state index >= 15 is 0 Å². The quantitative estimate of drug-likeness (QED) is 0.596. The Labute approximate surface area is 190 Å². The summed E-state index contributed by atoms with van der Waals surface area (Å²) in [6, 6.07) is 20.9.